The first-order valence-corrected chi connectivity index (χ1v) is 8.30. The van der Waals surface area contributed by atoms with E-state index in [4.69, 9.17) is 4.74 Å². The van der Waals surface area contributed by atoms with Gasteiger partial charge in [-0.2, -0.15) is 13.2 Å². The molecule has 1 aromatic rings. The van der Waals surface area contributed by atoms with Gasteiger partial charge in [0, 0.05) is 0 Å². The lowest BCUT2D eigenvalue weighted by molar-refractivity contribution is -0.197. The van der Waals surface area contributed by atoms with Crippen molar-refractivity contribution >= 4 is 12.1 Å². The van der Waals surface area contributed by atoms with Gasteiger partial charge < -0.3 is 19.7 Å². The van der Waals surface area contributed by atoms with E-state index in [2.05, 4.69) is 10.1 Å². The van der Waals surface area contributed by atoms with E-state index in [0.29, 0.717) is 25.9 Å². The van der Waals surface area contributed by atoms with Gasteiger partial charge in [0.25, 0.3) is 0 Å². The largest absolute Gasteiger partial charge is 0.491 e. The summed E-state index contributed by atoms with van der Waals surface area (Å²) in [4.78, 5) is 24.3. The SMILES string of the molecule is O=C(OC(=O)C(F)(F)F)N1CC(c2ccccc2)OC2(CCNCC2)C1. The van der Waals surface area contributed by atoms with Gasteiger partial charge in [-0.1, -0.05) is 30.3 Å². The predicted octanol–water partition coefficient (Wildman–Crippen LogP) is 2.41. The van der Waals surface area contributed by atoms with Crippen molar-refractivity contribution in [1.82, 2.24) is 10.2 Å². The second kappa shape index (κ2) is 7.24. The number of carbonyl (C=O) groups is 2. The minimum Gasteiger partial charge on any atom is -0.369 e. The third kappa shape index (κ3) is 4.16. The summed E-state index contributed by atoms with van der Waals surface area (Å²) in [5.41, 5.74) is 0.134. The van der Waals surface area contributed by atoms with Crippen LogP contribution in [0.3, 0.4) is 0 Å². The number of amides is 1. The van der Waals surface area contributed by atoms with Crippen LogP contribution in [0, 0.1) is 0 Å². The second-order valence-corrected chi connectivity index (χ2v) is 6.48. The van der Waals surface area contributed by atoms with Gasteiger partial charge in [-0.25, -0.2) is 9.59 Å². The molecule has 1 aromatic carbocycles. The Labute approximate surface area is 148 Å². The number of alkyl halides is 3. The van der Waals surface area contributed by atoms with Gasteiger partial charge in [-0.05, 0) is 31.5 Å². The molecule has 2 aliphatic heterocycles. The highest BCUT2D eigenvalue weighted by Gasteiger charge is 2.47. The molecule has 6 nitrogen and oxygen atoms in total. The molecule has 0 bridgehead atoms. The molecular formula is C17H19F3N2O4. The number of nitrogens with zero attached hydrogens (tertiary/aromatic N) is 1. The average molecular weight is 372 g/mol. The Morgan fingerprint density at radius 2 is 1.85 bits per heavy atom. The van der Waals surface area contributed by atoms with Crippen LogP contribution in [-0.4, -0.2) is 54.9 Å². The number of hydrogen-bond donors (Lipinski definition) is 1. The summed E-state index contributed by atoms with van der Waals surface area (Å²) >= 11 is 0. The van der Waals surface area contributed by atoms with Gasteiger partial charge in [-0.3, -0.25) is 0 Å². The number of benzene rings is 1. The molecule has 0 aliphatic carbocycles. The third-order valence-corrected chi connectivity index (χ3v) is 4.61. The number of hydrogen-bond acceptors (Lipinski definition) is 5. The second-order valence-electron chi connectivity index (χ2n) is 6.48. The van der Waals surface area contributed by atoms with Crippen LogP contribution in [0.4, 0.5) is 18.0 Å². The Kier molecular flexibility index (Phi) is 5.19. The highest BCUT2D eigenvalue weighted by molar-refractivity contribution is 5.87. The summed E-state index contributed by atoms with van der Waals surface area (Å²) in [5.74, 6) is -2.51. The van der Waals surface area contributed by atoms with Crippen LogP contribution in [0.5, 0.6) is 0 Å². The first kappa shape index (κ1) is 18.7. The third-order valence-electron chi connectivity index (χ3n) is 4.61. The van der Waals surface area contributed by atoms with Crippen molar-refractivity contribution in [3.8, 4) is 0 Å². The molecule has 1 unspecified atom stereocenters. The van der Waals surface area contributed by atoms with E-state index in [1.807, 2.05) is 30.3 Å². The minimum absolute atomic E-state index is 0.0170. The Morgan fingerprint density at radius 3 is 2.46 bits per heavy atom. The van der Waals surface area contributed by atoms with Crippen LogP contribution in [0.2, 0.25) is 0 Å². The van der Waals surface area contributed by atoms with E-state index in [0.717, 1.165) is 10.5 Å². The maximum atomic E-state index is 12.4. The molecule has 26 heavy (non-hydrogen) atoms. The fourth-order valence-corrected chi connectivity index (χ4v) is 3.33. The number of morpholine rings is 1. The Balaban J connectivity index is 1.80. The monoisotopic (exact) mass is 372 g/mol. The standard InChI is InChI=1S/C17H19F3N2O4/c18-17(19,20)14(23)25-15(24)22-10-13(12-4-2-1-3-5-12)26-16(11-22)6-8-21-9-7-16/h1-5,13,21H,6-11H2. The topological polar surface area (TPSA) is 67.9 Å². The fraction of sp³-hybridized carbons (Fsp3) is 0.529. The zero-order valence-electron chi connectivity index (χ0n) is 13.9. The Bertz CT molecular complexity index is 660. The van der Waals surface area contributed by atoms with Gasteiger partial charge in [0.1, 0.15) is 6.10 Å². The minimum atomic E-state index is -5.22. The molecule has 1 N–H and O–H groups in total. The van der Waals surface area contributed by atoms with Gasteiger partial charge >= 0.3 is 18.2 Å². The summed E-state index contributed by atoms with van der Waals surface area (Å²) in [6, 6.07) is 9.13. The van der Waals surface area contributed by atoms with Crippen molar-refractivity contribution in [3.63, 3.8) is 0 Å². The van der Waals surface area contributed by atoms with Crippen LogP contribution in [0.1, 0.15) is 24.5 Å². The maximum absolute atomic E-state index is 12.4. The molecule has 2 fully saturated rings. The average Bonchev–Trinajstić information content (AvgIpc) is 2.62. The van der Waals surface area contributed by atoms with Gasteiger partial charge in [-0.15, -0.1) is 0 Å². The van der Waals surface area contributed by atoms with Gasteiger partial charge in [0.05, 0.1) is 18.7 Å². The molecule has 1 spiro atoms. The summed E-state index contributed by atoms with van der Waals surface area (Å²) in [5, 5.41) is 3.19. The Hall–Kier alpha value is -2.13. The van der Waals surface area contributed by atoms with Crippen molar-refractivity contribution in [2.75, 3.05) is 26.2 Å². The van der Waals surface area contributed by atoms with Crippen LogP contribution >= 0.6 is 0 Å². The highest BCUT2D eigenvalue weighted by atomic mass is 19.4. The predicted molar refractivity (Wildman–Crippen MR) is 84.2 cm³/mol. The Morgan fingerprint density at radius 1 is 1.19 bits per heavy atom. The molecule has 3 rings (SSSR count). The van der Waals surface area contributed by atoms with Gasteiger partial charge in [0.15, 0.2) is 0 Å². The van der Waals surface area contributed by atoms with Crippen LogP contribution in [-0.2, 0) is 14.3 Å². The highest BCUT2D eigenvalue weighted by Crippen LogP contribution is 2.36. The molecular weight excluding hydrogens is 353 g/mol. The first-order valence-electron chi connectivity index (χ1n) is 8.30. The number of ether oxygens (including phenoxy) is 2. The lowest BCUT2D eigenvalue weighted by atomic mass is 9.89. The number of halogens is 3. The molecule has 2 saturated heterocycles. The number of rotatable bonds is 1. The van der Waals surface area contributed by atoms with Gasteiger partial charge in [0.2, 0.25) is 0 Å². The van der Waals surface area contributed by atoms with Crippen molar-refractivity contribution in [2.24, 2.45) is 0 Å². The quantitative estimate of drug-likeness (QED) is 0.606. The zero-order chi connectivity index (χ0) is 18.8. The maximum Gasteiger partial charge on any atom is 0.491 e. The molecule has 142 valence electrons. The smallest absolute Gasteiger partial charge is 0.369 e. The van der Waals surface area contributed by atoms with Crippen LogP contribution < -0.4 is 5.32 Å². The summed E-state index contributed by atoms with van der Waals surface area (Å²) in [6.45, 7) is 1.45. The summed E-state index contributed by atoms with van der Waals surface area (Å²) in [7, 11) is 0. The lowest BCUT2D eigenvalue weighted by Gasteiger charge is -2.48. The molecule has 9 heteroatoms. The van der Waals surface area contributed by atoms with E-state index in [1.54, 1.807) is 0 Å². The van der Waals surface area contributed by atoms with Crippen molar-refractivity contribution in [1.29, 1.82) is 0 Å². The molecule has 0 saturated carbocycles. The number of nitrogens with one attached hydrogen (secondary N) is 1. The van der Waals surface area contributed by atoms with Crippen LogP contribution in [0.15, 0.2) is 30.3 Å². The van der Waals surface area contributed by atoms with Crippen molar-refractivity contribution in [2.45, 2.75) is 30.7 Å². The number of carbonyl (C=O) groups excluding carboxylic acids is 2. The molecule has 1 amide bonds. The molecule has 1 atom stereocenters. The van der Waals surface area contributed by atoms with E-state index >= 15 is 0 Å². The summed E-state index contributed by atoms with van der Waals surface area (Å²) in [6.07, 6.45) is -5.81. The van der Waals surface area contributed by atoms with E-state index in [1.165, 1.54) is 0 Å². The van der Waals surface area contributed by atoms with Crippen LogP contribution in [0.25, 0.3) is 0 Å². The van der Waals surface area contributed by atoms with Crippen molar-refractivity contribution in [3.05, 3.63) is 35.9 Å². The number of piperidine rings is 1. The molecule has 2 aliphatic rings. The van der Waals surface area contributed by atoms with E-state index in [9.17, 15) is 22.8 Å². The van der Waals surface area contributed by atoms with Crippen molar-refractivity contribution < 1.29 is 32.2 Å². The first-order chi connectivity index (χ1) is 12.3. The molecule has 0 radical (unpaired) electrons. The normalized spacial score (nSPS) is 22.9. The fourth-order valence-electron chi connectivity index (χ4n) is 3.33. The lowest BCUT2D eigenvalue weighted by Crippen LogP contribution is -2.58. The molecule has 0 aromatic heterocycles. The van der Waals surface area contributed by atoms with E-state index in [-0.39, 0.29) is 13.1 Å². The molecule has 2 heterocycles. The zero-order valence-corrected chi connectivity index (χ0v) is 13.9. The summed E-state index contributed by atoms with van der Waals surface area (Å²) < 4.78 is 47.4. The number of esters is 1. The van der Waals surface area contributed by atoms with E-state index < -0.39 is 29.9 Å².